The molecule has 1 amide bonds. The Labute approximate surface area is 184 Å². The highest BCUT2D eigenvalue weighted by Gasteiger charge is 2.33. The van der Waals surface area contributed by atoms with Crippen molar-refractivity contribution < 1.29 is 19.4 Å². The number of ether oxygens (including phenoxy) is 2. The van der Waals surface area contributed by atoms with E-state index in [-0.39, 0.29) is 24.7 Å². The second-order valence-corrected chi connectivity index (χ2v) is 8.51. The highest BCUT2D eigenvalue weighted by atomic mass is 16.7. The molecule has 166 valence electrons. The number of nitrogens with zero attached hydrogens (tertiary/aromatic N) is 1. The summed E-state index contributed by atoms with van der Waals surface area (Å²) in [7, 11) is 0. The molecule has 3 unspecified atom stereocenters. The predicted octanol–water partition coefficient (Wildman–Crippen LogP) is 4.17. The average Bonchev–Trinajstić information content (AvgIpc) is 2.80. The molecule has 2 aliphatic rings. The van der Waals surface area contributed by atoms with Gasteiger partial charge in [0.05, 0.1) is 18.8 Å². The van der Waals surface area contributed by atoms with Crippen LogP contribution in [0.25, 0.3) is 0 Å². The SMILES string of the molecule is CC(=O)Nc1ccc(C2OC(CN3CCCCC3)CC(c3ccc(CO)cc3)O2)cc1. The number of anilines is 1. The lowest BCUT2D eigenvalue weighted by Gasteiger charge is -2.39. The second-order valence-electron chi connectivity index (χ2n) is 8.51. The van der Waals surface area contributed by atoms with Gasteiger partial charge in [-0.1, -0.05) is 42.8 Å². The minimum absolute atomic E-state index is 0.0375. The van der Waals surface area contributed by atoms with E-state index in [1.54, 1.807) is 0 Å². The van der Waals surface area contributed by atoms with Crippen molar-refractivity contribution in [3.8, 4) is 0 Å². The molecule has 0 radical (unpaired) electrons. The number of hydrogen-bond acceptors (Lipinski definition) is 5. The summed E-state index contributed by atoms with van der Waals surface area (Å²) in [5.74, 6) is -0.0918. The highest BCUT2D eigenvalue weighted by molar-refractivity contribution is 5.88. The number of benzene rings is 2. The van der Waals surface area contributed by atoms with Crippen molar-refractivity contribution in [2.75, 3.05) is 25.0 Å². The Morgan fingerprint density at radius 2 is 1.68 bits per heavy atom. The molecule has 6 heteroatoms. The van der Waals surface area contributed by atoms with Gasteiger partial charge in [0.1, 0.15) is 0 Å². The molecule has 2 saturated heterocycles. The number of hydrogen-bond donors (Lipinski definition) is 2. The molecule has 0 saturated carbocycles. The molecule has 2 aliphatic heterocycles. The number of piperidine rings is 1. The molecule has 6 nitrogen and oxygen atoms in total. The first-order chi connectivity index (χ1) is 15.1. The number of rotatable bonds is 6. The fourth-order valence-electron chi connectivity index (χ4n) is 4.39. The third-order valence-electron chi connectivity index (χ3n) is 6.03. The van der Waals surface area contributed by atoms with E-state index < -0.39 is 6.29 Å². The Balaban J connectivity index is 1.52. The molecule has 31 heavy (non-hydrogen) atoms. The van der Waals surface area contributed by atoms with Gasteiger partial charge in [-0.15, -0.1) is 0 Å². The maximum absolute atomic E-state index is 11.3. The molecular formula is C25H32N2O4. The van der Waals surface area contributed by atoms with Crippen molar-refractivity contribution in [3.63, 3.8) is 0 Å². The summed E-state index contributed by atoms with van der Waals surface area (Å²) in [6, 6.07) is 15.6. The maximum atomic E-state index is 11.3. The second kappa shape index (κ2) is 10.4. The van der Waals surface area contributed by atoms with Gasteiger partial charge in [-0.25, -0.2) is 0 Å². The zero-order valence-corrected chi connectivity index (χ0v) is 18.1. The van der Waals surface area contributed by atoms with Crippen molar-refractivity contribution in [2.45, 2.75) is 57.7 Å². The topological polar surface area (TPSA) is 71.0 Å². The van der Waals surface area contributed by atoms with Gasteiger partial charge in [0.25, 0.3) is 0 Å². The van der Waals surface area contributed by atoms with E-state index in [9.17, 15) is 9.90 Å². The van der Waals surface area contributed by atoms with Crippen molar-refractivity contribution in [2.24, 2.45) is 0 Å². The van der Waals surface area contributed by atoms with Gasteiger partial charge in [-0.3, -0.25) is 4.79 Å². The zero-order chi connectivity index (χ0) is 21.6. The first-order valence-electron chi connectivity index (χ1n) is 11.2. The lowest BCUT2D eigenvalue weighted by molar-refractivity contribution is -0.253. The quantitative estimate of drug-likeness (QED) is 0.728. The summed E-state index contributed by atoms with van der Waals surface area (Å²) in [6.07, 6.45) is 4.17. The van der Waals surface area contributed by atoms with E-state index in [4.69, 9.17) is 9.47 Å². The number of aliphatic hydroxyl groups is 1. The Bertz CT molecular complexity index is 847. The monoisotopic (exact) mass is 424 g/mol. The van der Waals surface area contributed by atoms with Crippen LogP contribution in [0.2, 0.25) is 0 Å². The molecule has 2 fully saturated rings. The van der Waals surface area contributed by atoms with Crippen LogP contribution in [0.5, 0.6) is 0 Å². The molecule has 4 rings (SSSR count). The van der Waals surface area contributed by atoms with Crippen molar-refractivity contribution in [3.05, 3.63) is 65.2 Å². The summed E-state index contributed by atoms with van der Waals surface area (Å²) in [4.78, 5) is 13.8. The minimum Gasteiger partial charge on any atom is -0.392 e. The smallest absolute Gasteiger partial charge is 0.221 e. The van der Waals surface area contributed by atoms with Gasteiger partial charge in [0.2, 0.25) is 5.91 Å². The van der Waals surface area contributed by atoms with Crippen molar-refractivity contribution in [1.29, 1.82) is 0 Å². The highest BCUT2D eigenvalue weighted by Crippen LogP contribution is 2.38. The van der Waals surface area contributed by atoms with Gasteiger partial charge < -0.3 is 24.8 Å². The minimum atomic E-state index is -0.461. The Hall–Kier alpha value is -2.25. The first kappa shape index (κ1) is 22.0. The molecule has 0 aliphatic carbocycles. The van der Waals surface area contributed by atoms with E-state index in [1.165, 1.54) is 26.2 Å². The number of nitrogens with one attached hydrogen (secondary N) is 1. The summed E-state index contributed by atoms with van der Waals surface area (Å²) < 4.78 is 12.8. The largest absolute Gasteiger partial charge is 0.392 e. The van der Waals surface area contributed by atoms with Crippen molar-refractivity contribution in [1.82, 2.24) is 4.90 Å². The summed E-state index contributed by atoms with van der Waals surface area (Å²) in [5.41, 5.74) is 3.69. The lowest BCUT2D eigenvalue weighted by Crippen LogP contribution is -2.41. The Morgan fingerprint density at radius 3 is 2.32 bits per heavy atom. The van der Waals surface area contributed by atoms with Crippen LogP contribution in [-0.4, -0.2) is 41.7 Å². The molecule has 0 aromatic heterocycles. The van der Waals surface area contributed by atoms with Crippen LogP contribution in [0, 0.1) is 0 Å². The first-order valence-corrected chi connectivity index (χ1v) is 11.2. The third-order valence-corrected chi connectivity index (χ3v) is 6.03. The fourth-order valence-corrected chi connectivity index (χ4v) is 4.39. The van der Waals surface area contributed by atoms with Gasteiger partial charge in [-0.2, -0.15) is 0 Å². The van der Waals surface area contributed by atoms with E-state index in [0.29, 0.717) is 0 Å². The normalized spacial score (nSPS) is 24.6. The fraction of sp³-hybridized carbons (Fsp3) is 0.480. The lowest BCUT2D eigenvalue weighted by atomic mass is 9.99. The molecule has 0 bridgehead atoms. The van der Waals surface area contributed by atoms with Gasteiger partial charge in [0, 0.05) is 31.1 Å². The van der Waals surface area contributed by atoms with Crippen LogP contribution in [-0.2, 0) is 20.9 Å². The zero-order valence-electron chi connectivity index (χ0n) is 18.1. The number of carbonyl (C=O) groups is 1. The molecule has 2 heterocycles. The summed E-state index contributed by atoms with van der Waals surface area (Å²) >= 11 is 0. The van der Waals surface area contributed by atoms with E-state index in [1.807, 2.05) is 48.5 Å². The van der Waals surface area contributed by atoms with Gasteiger partial charge >= 0.3 is 0 Å². The van der Waals surface area contributed by atoms with Gasteiger partial charge in [-0.05, 0) is 49.2 Å². The number of carbonyl (C=O) groups excluding carboxylic acids is 1. The molecular weight excluding hydrogens is 392 g/mol. The Kier molecular flexibility index (Phi) is 7.35. The van der Waals surface area contributed by atoms with Crippen LogP contribution in [0.3, 0.4) is 0 Å². The van der Waals surface area contributed by atoms with E-state index in [0.717, 1.165) is 48.4 Å². The van der Waals surface area contributed by atoms with Crippen LogP contribution in [0.15, 0.2) is 48.5 Å². The van der Waals surface area contributed by atoms with E-state index in [2.05, 4.69) is 10.2 Å². The summed E-state index contributed by atoms with van der Waals surface area (Å²) in [5, 5.41) is 12.1. The predicted molar refractivity (Wildman–Crippen MR) is 119 cm³/mol. The van der Waals surface area contributed by atoms with E-state index >= 15 is 0 Å². The maximum Gasteiger partial charge on any atom is 0.221 e. The van der Waals surface area contributed by atoms with Crippen LogP contribution < -0.4 is 5.32 Å². The molecule has 2 N–H and O–H groups in total. The molecule has 2 aromatic carbocycles. The Morgan fingerprint density at radius 1 is 1.00 bits per heavy atom. The van der Waals surface area contributed by atoms with Crippen LogP contribution >= 0.6 is 0 Å². The van der Waals surface area contributed by atoms with Crippen LogP contribution in [0.1, 0.15) is 61.7 Å². The third kappa shape index (κ3) is 5.92. The van der Waals surface area contributed by atoms with Crippen LogP contribution in [0.4, 0.5) is 5.69 Å². The number of likely N-dealkylation sites (tertiary alicyclic amines) is 1. The average molecular weight is 425 g/mol. The number of aliphatic hydroxyl groups excluding tert-OH is 1. The van der Waals surface area contributed by atoms with Crippen molar-refractivity contribution >= 4 is 11.6 Å². The summed E-state index contributed by atoms with van der Waals surface area (Å²) in [6.45, 7) is 4.71. The standard InChI is InChI=1S/C25H32N2O4/c1-18(29)26-22-11-9-21(10-12-22)25-30-23(16-27-13-3-2-4-14-27)15-24(31-25)20-7-5-19(17-28)6-8-20/h5-12,23-25,28H,2-4,13-17H2,1H3,(H,26,29). The molecule has 3 atom stereocenters. The molecule has 0 spiro atoms. The number of amides is 1. The molecule has 2 aromatic rings. The van der Waals surface area contributed by atoms with Gasteiger partial charge in [0.15, 0.2) is 6.29 Å².